The minimum atomic E-state index is -4.48. The van der Waals surface area contributed by atoms with Crippen molar-refractivity contribution in [2.75, 3.05) is 38.5 Å². The first kappa shape index (κ1) is 19.8. The predicted molar refractivity (Wildman–Crippen MR) is 90.6 cm³/mol. The maximum absolute atomic E-state index is 12.6. The van der Waals surface area contributed by atoms with Crippen LogP contribution in [0.25, 0.3) is 0 Å². The summed E-state index contributed by atoms with van der Waals surface area (Å²) in [4.78, 5) is 17.7. The summed E-state index contributed by atoms with van der Waals surface area (Å²) in [5, 5.41) is 5.86. The number of nitrogens with one attached hydrogen (secondary N) is 2. The molecule has 0 atom stereocenters. The van der Waals surface area contributed by atoms with Crippen molar-refractivity contribution in [2.45, 2.75) is 25.4 Å². The highest BCUT2D eigenvalue weighted by Gasteiger charge is 2.31. The second-order valence-electron chi connectivity index (χ2n) is 6.11. The standard InChI is InChI=1S/C16H22ClF3N4O/c1-21-9-11-3-6-24(7-4-11)14(25)2-5-22-15-13(17)8-12(10-23-15)16(18,19)20/h8,10-11,21H,2-7,9H2,1H3,(H,22,23). The highest BCUT2D eigenvalue weighted by Crippen LogP contribution is 2.32. The molecule has 1 aliphatic rings. The molecule has 9 heteroatoms. The SMILES string of the molecule is CNCC1CCN(C(=O)CCNc2ncc(C(F)(F)F)cc2Cl)CC1. The third-order valence-corrected chi connectivity index (χ3v) is 4.55. The molecule has 1 fully saturated rings. The lowest BCUT2D eigenvalue weighted by atomic mass is 9.96. The van der Waals surface area contributed by atoms with E-state index >= 15 is 0 Å². The lowest BCUT2D eigenvalue weighted by Gasteiger charge is -2.32. The molecule has 25 heavy (non-hydrogen) atoms. The number of piperidine rings is 1. The number of anilines is 1. The number of carbonyl (C=O) groups excluding carboxylic acids is 1. The van der Waals surface area contributed by atoms with Gasteiger partial charge in [-0.05, 0) is 38.4 Å². The number of likely N-dealkylation sites (tertiary alicyclic amines) is 1. The summed E-state index contributed by atoms with van der Waals surface area (Å²) in [5.41, 5.74) is -0.899. The van der Waals surface area contributed by atoms with Gasteiger partial charge >= 0.3 is 6.18 Å². The molecule has 1 amide bonds. The lowest BCUT2D eigenvalue weighted by molar-refractivity contribution is -0.137. The van der Waals surface area contributed by atoms with Crippen LogP contribution in [-0.2, 0) is 11.0 Å². The molecule has 0 saturated carbocycles. The van der Waals surface area contributed by atoms with Crippen LogP contribution in [0.15, 0.2) is 12.3 Å². The zero-order chi connectivity index (χ0) is 18.4. The van der Waals surface area contributed by atoms with E-state index in [9.17, 15) is 18.0 Å². The number of aromatic nitrogens is 1. The second-order valence-corrected chi connectivity index (χ2v) is 6.52. The van der Waals surface area contributed by atoms with Crippen LogP contribution in [0.2, 0.25) is 5.02 Å². The molecule has 0 aliphatic carbocycles. The summed E-state index contributed by atoms with van der Waals surface area (Å²) in [6.07, 6.45) is -1.55. The van der Waals surface area contributed by atoms with Crippen molar-refractivity contribution >= 4 is 23.3 Å². The van der Waals surface area contributed by atoms with Crippen LogP contribution in [0.3, 0.4) is 0 Å². The molecule has 0 aromatic carbocycles. The van der Waals surface area contributed by atoms with Gasteiger partial charge in [0.25, 0.3) is 0 Å². The Morgan fingerprint density at radius 2 is 2.08 bits per heavy atom. The summed E-state index contributed by atoms with van der Waals surface area (Å²) in [5.74, 6) is 0.774. The van der Waals surface area contributed by atoms with Crippen molar-refractivity contribution < 1.29 is 18.0 Å². The third-order valence-electron chi connectivity index (χ3n) is 4.26. The second kappa shape index (κ2) is 8.71. The molecule has 1 saturated heterocycles. The molecule has 5 nitrogen and oxygen atoms in total. The number of amides is 1. The van der Waals surface area contributed by atoms with E-state index in [0.29, 0.717) is 5.92 Å². The van der Waals surface area contributed by atoms with Gasteiger partial charge in [0.1, 0.15) is 5.82 Å². The summed E-state index contributed by atoms with van der Waals surface area (Å²) in [6, 6.07) is 0.825. The highest BCUT2D eigenvalue weighted by atomic mass is 35.5. The maximum Gasteiger partial charge on any atom is 0.417 e. The first-order valence-corrected chi connectivity index (χ1v) is 8.58. The summed E-state index contributed by atoms with van der Waals surface area (Å²) < 4.78 is 37.7. The molecule has 2 N–H and O–H groups in total. The van der Waals surface area contributed by atoms with E-state index in [2.05, 4.69) is 15.6 Å². The van der Waals surface area contributed by atoms with Gasteiger partial charge in [0.2, 0.25) is 5.91 Å². The number of carbonyl (C=O) groups is 1. The fourth-order valence-electron chi connectivity index (χ4n) is 2.84. The third kappa shape index (κ3) is 5.74. The number of alkyl halides is 3. The largest absolute Gasteiger partial charge is 0.417 e. The zero-order valence-corrected chi connectivity index (χ0v) is 14.8. The van der Waals surface area contributed by atoms with Crippen molar-refractivity contribution in [3.8, 4) is 0 Å². The topological polar surface area (TPSA) is 57.3 Å². The van der Waals surface area contributed by atoms with Gasteiger partial charge in [0, 0.05) is 32.3 Å². The van der Waals surface area contributed by atoms with Gasteiger partial charge in [0.15, 0.2) is 0 Å². The number of halogens is 4. The predicted octanol–water partition coefficient (Wildman–Crippen LogP) is 3.01. The Morgan fingerprint density at radius 1 is 1.40 bits per heavy atom. The molecule has 2 rings (SSSR count). The van der Waals surface area contributed by atoms with Crippen LogP contribution >= 0.6 is 11.6 Å². The summed E-state index contributed by atoms with van der Waals surface area (Å²) in [6.45, 7) is 2.71. The first-order valence-electron chi connectivity index (χ1n) is 8.20. The lowest BCUT2D eigenvalue weighted by Crippen LogP contribution is -2.40. The van der Waals surface area contributed by atoms with E-state index in [-0.39, 0.29) is 29.7 Å². The molecule has 0 unspecified atom stereocenters. The van der Waals surface area contributed by atoms with E-state index < -0.39 is 11.7 Å². The molecule has 1 aliphatic heterocycles. The van der Waals surface area contributed by atoms with Crippen molar-refractivity contribution in [1.82, 2.24) is 15.2 Å². The smallest absolute Gasteiger partial charge is 0.368 e. The Bertz CT molecular complexity index is 589. The van der Waals surface area contributed by atoms with Gasteiger partial charge in [-0.1, -0.05) is 11.6 Å². The number of hydrogen-bond donors (Lipinski definition) is 2. The Balaban J connectivity index is 1.78. The average Bonchev–Trinajstić information content (AvgIpc) is 2.56. The number of hydrogen-bond acceptors (Lipinski definition) is 4. The maximum atomic E-state index is 12.6. The van der Waals surface area contributed by atoms with Gasteiger partial charge in [-0.2, -0.15) is 13.2 Å². The van der Waals surface area contributed by atoms with Crippen LogP contribution in [0.5, 0.6) is 0 Å². The first-order chi connectivity index (χ1) is 11.8. The van der Waals surface area contributed by atoms with Crippen LogP contribution in [-0.4, -0.2) is 49.0 Å². The Hall–Kier alpha value is -1.54. The average molecular weight is 379 g/mol. The molecule has 140 valence electrons. The molecule has 1 aromatic heterocycles. The number of nitrogens with zero attached hydrogens (tertiary/aromatic N) is 2. The molecular formula is C16H22ClF3N4O. The Kier molecular flexibility index (Phi) is 6.89. The van der Waals surface area contributed by atoms with Gasteiger partial charge in [-0.3, -0.25) is 4.79 Å². The Morgan fingerprint density at radius 3 is 2.64 bits per heavy atom. The van der Waals surface area contributed by atoms with Crippen molar-refractivity contribution in [3.63, 3.8) is 0 Å². The highest BCUT2D eigenvalue weighted by molar-refractivity contribution is 6.32. The van der Waals surface area contributed by atoms with Crippen LogP contribution in [0, 0.1) is 5.92 Å². The van der Waals surface area contributed by atoms with E-state index in [0.717, 1.165) is 44.7 Å². The monoisotopic (exact) mass is 378 g/mol. The van der Waals surface area contributed by atoms with E-state index in [4.69, 9.17) is 11.6 Å². The van der Waals surface area contributed by atoms with Crippen molar-refractivity contribution in [2.24, 2.45) is 5.92 Å². The molecular weight excluding hydrogens is 357 g/mol. The van der Waals surface area contributed by atoms with Gasteiger partial charge < -0.3 is 15.5 Å². The van der Waals surface area contributed by atoms with Crippen molar-refractivity contribution in [3.05, 3.63) is 22.8 Å². The number of pyridine rings is 1. The van der Waals surface area contributed by atoms with Gasteiger partial charge in [-0.15, -0.1) is 0 Å². The van der Waals surface area contributed by atoms with Crippen LogP contribution < -0.4 is 10.6 Å². The van der Waals surface area contributed by atoms with E-state index in [1.165, 1.54) is 0 Å². The summed E-state index contributed by atoms with van der Waals surface area (Å²) in [7, 11) is 1.92. The summed E-state index contributed by atoms with van der Waals surface area (Å²) >= 11 is 5.82. The van der Waals surface area contributed by atoms with E-state index in [1.54, 1.807) is 0 Å². The molecule has 0 bridgehead atoms. The number of rotatable bonds is 6. The molecule has 2 heterocycles. The minimum absolute atomic E-state index is 0.0263. The van der Waals surface area contributed by atoms with Crippen LogP contribution in [0.4, 0.5) is 19.0 Å². The fourth-order valence-corrected chi connectivity index (χ4v) is 3.08. The fraction of sp³-hybridized carbons (Fsp3) is 0.625. The van der Waals surface area contributed by atoms with Crippen molar-refractivity contribution in [1.29, 1.82) is 0 Å². The Labute approximate surface area is 149 Å². The molecule has 1 aromatic rings. The van der Waals surface area contributed by atoms with Gasteiger partial charge in [-0.25, -0.2) is 4.98 Å². The minimum Gasteiger partial charge on any atom is -0.368 e. The van der Waals surface area contributed by atoms with Gasteiger partial charge in [0.05, 0.1) is 10.6 Å². The normalized spacial score (nSPS) is 16.1. The zero-order valence-electron chi connectivity index (χ0n) is 14.0. The van der Waals surface area contributed by atoms with E-state index in [1.807, 2.05) is 11.9 Å². The molecule has 0 spiro atoms. The molecule has 0 radical (unpaired) electrons. The van der Waals surface area contributed by atoms with Crippen LogP contribution in [0.1, 0.15) is 24.8 Å². The quantitative estimate of drug-likeness (QED) is 0.799.